The second-order valence-electron chi connectivity index (χ2n) is 4.84. The minimum absolute atomic E-state index is 0.0383. The van der Waals surface area contributed by atoms with Gasteiger partial charge in [-0.2, -0.15) is 0 Å². The quantitative estimate of drug-likeness (QED) is 0.748. The van der Waals surface area contributed by atoms with E-state index in [1.54, 1.807) is 11.9 Å². The average molecular weight is 321 g/mol. The molecular weight excluding hydrogens is 308 g/mol. The molecule has 1 aromatic heterocycles. The van der Waals surface area contributed by atoms with Gasteiger partial charge in [0.05, 0.1) is 5.56 Å². The number of amides is 1. The summed E-state index contributed by atoms with van der Waals surface area (Å²) in [5.74, 6) is -0.0490. The number of ketones is 1. The molecule has 0 atom stereocenters. The Morgan fingerprint density at radius 2 is 1.95 bits per heavy atom. The average Bonchev–Trinajstić information content (AvgIpc) is 2.61. The summed E-state index contributed by atoms with van der Waals surface area (Å²) >= 11 is 3.42. The highest BCUT2D eigenvalue weighted by Gasteiger charge is 2.30. The van der Waals surface area contributed by atoms with Gasteiger partial charge in [-0.1, -0.05) is 15.9 Å². The Hall–Kier alpha value is -1.62. The summed E-state index contributed by atoms with van der Waals surface area (Å²) in [5.41, 5.74) is 1.97. The molecule has 4 nitrogen and oxygen atoms in total. The number of carbonyl (C=O) groups is 2. The number of hydrogen-bond acceptors (Lipinski definition) is 2. The van der Waals surface area contributed by atoms with Crippen molar-refractivity contribution in [2.75, 3.05) is 13.6 Å². The number of fused-ring (bicyclic) bond motifs is 3. The first-order chi connectivity index (χ1) is 9.00. The lowest BCUT2D eigenvalue weighted by atomic mass is 10.1. The Morgan fingerprint density at radius 1 is 1.21 bits per heavy atom. The van der Waals surface area contributed by atoms with Crippen molar-refractivity contribution in [3.63, 3.8) is 0 Å². The van der Waals surface area contributed by atoms with Gasteiger partial charge in [0.2, 0.25) is 0 Å². The van der Waals surface area contributed by atoms with Gasteiger partial charge in [-0.05, 0) is 18.2 Å². The van der Waals surface area contributed by atoms with Gasteiger partial charge in [0, 0.05) is 42.4 Å². The molecule has 1 aliphatic rings. The minimum Gasteiger partial charge on any atom is -0.340 e. The summed E-state index contributed by atoms with van der Waals surface area (Å²) < 4.78 is 2.73. The number of aryl methyl sites for hydroxylation is 1. The Kier molecular flexibility index (Phi) is 2.74. The normalized spacial score (nSPS) is 15.8. The number of rotatable bonds is 0. The van der Waals surface area contributed by atoms with Crippen LogP contribution in [0.15, 0.2) is 22.7 Å². The Balaban J connectivity index is 2.43. The van der Waals surface area contributed by atoms with Crippen LogP contribution in [-0.4, -0.2) is 34.7 Å². The van der Waals surface area contributed by atoms with Crippen molar-refractivity contribution in [3.05, 3.63) is 33.9 Å². The van der Waals surface area contributed by atoms with E-state index < -0.39 is 0 Å². The van der Waals surface area contributed by atoms with Crippen LogP contribution in [0.1, 0.15) is 27.3 Å². The fourth-order valence-electron chi connectivity index (χ4n) is 2.63. The van der Waals surface area contributed by atoms with Gasteiger partial charge in [-0.3, -0.25) is 9.59 Å². The van der Waals surface area contributed by atoms with Crippen LogP contribution in [-0.2, 0) is 7.05 Å². The lowest BCUT2D eigenvalue weighted by Crippen LogP contribution is -2.27. The van der Waals surface area contributed by atoms with Gasteiger partial charge in [0.25, 0.3) is 5.91 Å². The molecule has 1 aliphatic heterocycles. The zero-order valence-electron chi connectivity index (χ0n) is 10.7. The van der Waals surface area contributed by atoms with E-state index in [-0.39, 0.29) is 11.7 Å². The smallest absolute Gasteiger partial charge is 0.271 e. The van der Waals surface area contributed by atoms with Gasteiger partial charge in [-0.15, -0.1) is 0 Å². The lowest BCUT2D eigenvalue weighted by Gasteiger charge is -2.14. The van der Waals surface area contributed by atoms with E-state index in [2.05, 4.69) is 15.9 Å². The van der Waals surface area contributed by atoms with Gasteiger partial charge < -0.3 is 9.47 Å². The first-order valence-electron chi connectivity index (χ1n) is 6.07. The Bertz CT molecular complexity index is 718. The zero-order chi connectivity index (χ0) is 13.7. The topological polar surface area (TPSA) is 42.3 Å². The van der Waals surface area contributed by atoms with Crippen LogP contribution in [0, 0.1) is 0 Å². The predicted molar refractivity (Wildman–Crippen MR) is 76.5 cm³/mol. The fourth-order valence-corrected chi connectivity index (χ4v) is 2.99. The highest BCUT2D eigenvalue weighted by atomic mass is 79.9. The molecule has 0 saturated heterocycles. The van der Waals surface area contributed by atoms with E-state index in [4.69, 9.17) is 0 Å². The van der Waals surface area contributed by atoms with E-state index in [0.717, 1.165) is 15.4 Å². The third kappa shape index (κ3) is 1.72. The number of carbonyl (C=O) groups excluding carboxylic acids is 2. The van der Waals surface area contributed by atoms with Gasteiger partial charge in [0.15, 0.2) is 5.78 Å². The van der Waals surface area contributed by atoms with Crippen molar-refractivity contribution in [2.45, 2.75) is 6.42 Å². The lowest BCUT2D eigenvalue weighted by molar-refractivity contribution is 0.0789. The van der Waals surface area contributed by atoms with Crippen LogP contribution in [0.5, 0.6) is 0 Å². The maximum absolute atomic E-state index is 12.4. The molecule has 5 heteroatoms. The fraction of sp³-hybridized carbons (Fsp3) is 0.286. The van der Waals surface area contributed by atoms with Crippen molar-refractivity contribution < 1.29 is 9.59 Å². The monoisotopic (exact) mass is 320 g/mol. The molecule has 0 spiro atoms. The molecule has 19 heavy (non-hydrogen) atoms. The summed E-state index contributed by atoms with van der Waals surface area (Å²) in [6.45, 7) is 0.474. The molecule has 98 valence electrons. The molecule has 3 rings (SSSR count). The van der Waals surface area contributed by atoms with Gasteiger partial charge in [-0.25, -0.2) is 0 Å². The first-order valence-corrected chi connectivity index (χ1v) is 6.86. The largest absolute Gasteiger partial charge is 0.340 e. The van der Waals surface area contributed by atoms with Crippen LogP contribution >= 0.6 is 15.9 Å². The van der Waals surface area contributed by atoms with E-state index in [1.165, 1.54) is 0 Å². The maximum Gasteiger partial charge on any atom is 0.271 e. The van der Waals surface area contributed by atoms with Gasteiger partial charge in [0.1, 0.15) is 5.69 Å². The number of benzene rings is 1. The zero-order valence-corrected chi connectivity index (χ0v) is 12.3. The van der Waals surface area contributed by atoms with E-state index in [0.29, 0.717) is 24.2 Å². The maximum atomic E-state index is 12.4. The molecule has 1 amide bonds. The second-order valence-corrected chi connectivity index (χ2v) is 5.76. The van der Waals surface area contributed by atoms with Crippen molar-refractivity contribution in [3.8, 4) is 0 Å². The highest BCUT2D eigenvalue weighted by Crippen LogP contribution is 2.31. The second kappa shape index (κ2) is 4.20. The molecule has 2 aromatic rings. The number of hydrogen-bond donors (Lipinski definition) is 0. The molecule has 0 radical (unpaired) electrons. The van der Waals surface area contributed by atoms with Crippen LogP contribution in [0.25, 0.3) is 10.9 Å². The standard InChI is InChI=1S/C14H13BrN2O2/c1-16-6-5-11(18)12-9-7-8(15)3-4-10(9)17(2)13(12)14(16)19/h3-4,7H,5-6H2,1-2H3. The van der Waals surface area contributed by atoms with E-state index in [1.807, 2.05) is 29.8 Å². The molecule has 0 fully saturated rings. The summed E-state index contributed by atoms with van der Waals surface area (Å²) in [5, 5.41) is 0.848. The Labute approximate surface area is 119 Å². The first kappa shape index (κ1) is 12.4. The number of nitrogens with zero attached hydrogens (tertiary/aromatic N) is 2. The van der Waals surface area contributed by atoms with Crippen LogP contribution < -0.4 is 0 Å². The third-order valence-corrected chi connectivity index (χ3v) is 4.16. The predicted octanol–water partition coefficient (Wildman–Crippen LogP) is 2.60. The molecule has 0 N–H and O–H groups in total. The van der Waals surface area contributed by atoms with Gasteiger partial charge >= 0.3 is 0 Å². The molecule has 0 unspecified atom stereocenters. The summed E-state index contributed by atoms with van der Waals surface area (Å²) in [4.78, 5) is 26.3. The Morgan fingerprint density at radius 3 is 2.68 bits per heavy atom. The number of aromatic nitrogens is 1. The van der Waals surface area contributed by atoms with Crippen molar-refractivity contribution in [2.24, 2.45) is 7.05 Å². The molecule has 0 saturated carbocycles. The highest BCUT2D eigenvalue weighted by molar-refractivity contribution is 9.10. The van der Waals surface area contributed by atoms with Crippen molar-refractivity contribution in [1.82, 2.24) is 9.47 Å². The van der Waals surface area contributed by atoms with Crippen LogP contribution in [0.2, 0.25) is 0 Å². The summed E-state index contributed by atoms with van der Waals surface area (Å²) in [6.07, 6.45) is 0.376. The van der Waals surface area contributed by atoms with Crippen LogP contribution in [0.3, 0.4) is 0 Å². The minimum atomic E-state index is -0.0873. The molecule has 0 aliphatic carbocycles. The third-order valence-electron chi connectivity index (χ3n) is 3.66. The number of Topliss-reactive ketones (excluding diaryl/α,β-unsaturated/α-hetero) is 1. The summed E-state index contributed by atoms with van der Waals surface area (Å²) in [7, 11) is 3.57. The van der Waals surface area contributed by atoms with Crippen molar-refractivity contribution >= 4 is 38.5 Å². The SMILES string of the molecule is CN1CCC(=O)c2c(n(C)c3ccc(Br)cc23)C1=O. The molecule has 0 bridgehead atoms. The van der Waals surface area contributed by atoms with E-state index in [9.17, 15) is 9.59 Å². The molecular formula is C14H13BrN2O2. The van der Waals surface area contributed by atoms with E-state index >= 15 is 0 Å². The van der Waals surface area contributed by atoms with Crippen molar-refractivity contribution in [1.29, 1.82) is 0 Å². The molecule has 1 aromatic carbocycles. The number of halogens is 1. The molecule has 2 heterocycles. The van der Waals surface area contributed by atoms with Crippen LogP contribution in [0.4, 0.5) is 0 Å². The summed E-state index contributed by atoms with van der Waals surface area (Å²) in [6, 6.07) is 5.75.